The van der Waals surface area contributed by atoms with E-state index >= 15 is 0 Å². The van der Waals surface area contributed by atoms with Gasteiger partial charge in [0.05, 0.1) is 0 Å². The van der Waals surface area contributed by atoms with E-state index in [1.165, 1.54) is 23.4 Å². The van der Waals surface area contributed by atoms with Gasteiger partial charge in [-0.05, 0) is 41.0 Å². The van der Waals surface area contributed by atoms with Gasteiger partial charge in [-0.2, -0.15) is 8.78 Å². The van der Waals surface area contributed by atoms with Gasteiger partial charge in [0.1, 0.15) is 23.3 Å². The van der Waals surface area contributed by atoms with E-state index < -0.39 is 12.0 Å². The predicted octanol–water partition coefficient (Wildman–Crippen LogP) is 3.30. The molecule has 8 heteroatoms. The zero-order chi connectivity index (χ0) is 21.3. The number of nitrogens with zero attached hydrogens (tertiary/aromatic N) is 3. The smallest absolute Gasteiger partial charge is 0.387 e. The molecule has 1 aromatic heterocycles. The van der Waals surface area contributed by atoms with Crippen LogP contribution in [0.4, 0.5) is 8.78 Å². The highest BCUT2D eigenvalue weighted by Crippen LogP contribution is 2.42. The van der Waals surface area contributed by atoms with Crippen molar-refractivity contribution in [2.24, 2.45) is 5.73 Å². The quantitative estimate of drug-likeness (QED) is 0.701. The summed E-state index contributed by atoms with van der Waals surface area (Å²) in [6.07, 6.45) is 6.49. The number of nitrogens with two attached hydrogens (primary N) is 1. The van der Waals surface area contributed by atoms with Crippen LogP contribution in [-0.4, -0.2) is 34.4 Å². The number of hydrogen-bond acceptors (Lipinski definition) is 5. The van der Waals surface area contributed by atoms with Crippen molar-refractivity contribution in [1.29, 1.82) is 0 Å². The van der Waals surface area contributed by atoms with Crippen LogP contribution >= 0.6 is 0 Å². The highest BCUT2D eigenvalue weighted by Gasteiger charge is 2.47. The molecule has 0 saturated heterocycles. The first-order valence-electron chi connectivity index (χ1n) is 9.09. The SMILES string of the molecule is CN1C(=O)C(c2ccc(OC(F)F)cc2)(c2cccc(-c3cncnc3)c2)C=C1N. The number of likely N-dealkylation sites (N-methyl/N-ethyl adjacent to an activating group) is 1. The first-order chi connectivity index (χ1) is 14.4. The average molecular weight is 408 g/mol. The van der Waals surface area contributed by atoms with Crippen molar-refractivity contribution in [3.05, 3.63) is 90.3 Å². The van der Waals surface area contributed by atoms with Gasteiger partial charge < -0.3 is 15.4 Å². The molecule has 2 N–H and O–H groups in total. The van der Waals surface area contributed by atoms with Crippen LogP contribution in [0.2, 0.25) is 0 Å². The molecule has 1 aliphatic rings. The van der Waals surface area contributed by atoms with Crippen LogP contribution in [-0.2, 0) is 10.2 Å². The van der Waals surface area contributed by atoms with Gasteiger partial charge in [-0.15, -0.1) is 0 Å². The zero-order valence-electron chi connectivity index (χ0n) is 16.0. The largest absolute Gasteiger partial charge is 0.435 e. The summed E-state index contributed by atoms with van der Waals surface area (Å²) in [6.45, 7) is -2.93. The van der Waals surface area contributed by atoms with E-state index in [2.05, 4.69) is 14.7 Å². The van der Waals surface area contributed by atoms with Crippen molar-refractivity contribution < 1.29 is 18.3 Å². The van der Waals surface area contributed by atoms with Gasteiger partial charge in [0.15, 0.2) is 0 Å². The van der Waals surface area contributed by atoms with Gasteiger partial charge in [0.2, 0.25) is 5.91 Å². The summed E-state index contributed by atoms with van der Waals surface area (Å²) < 4.78 is 29.5. The van der Waals surface area contributed by atoms with Gasteiger partial charge in [-0.3, -0.25) is 4.79 Å². The summed E-state index contributed by atoms with van der Waals surface area (Å²) >= 11 is 0. The molecule has 0 aliphatic carbocycles. The monoisotopic (exact) mass is 408 g/mol. The lowest BCUT2D eigenvalue weighted by molar-refractivity contribution is -0.129. The van der Waals surface area contributed by atoms with Gasteiger partial charge in [0, 0.05) is 25.0 Å². The van der Waals surface area contributed by atoms with Crippen LogP contribution in [0.3, 0.4) is 0 Å². The van der Waals surface area contributed by atoms with E-state index in [1.807, 2.05) is 24.3 Å². The summed E-state index contributed by atoms with van der Waals surface area (Å²) in [7, 11) is 1.60. The maximum atomic E-state index is 13.4. The number of alkyl halides is 2. The molecule has 0 saturated carbocycles. The number of amides is 1. The van der Waals surface area contributed by atoms with Crippen molar-refractivity contribution in [2.45, 2.75) is 12.0 Å². The predicted molar refractivity (Wildman–Crippen MR) is 106 cm³/mol. The molecule has 0 fully saturated rings. The third-order valence-corrected chi connectivity index (χ3v) is 5.14. The minimum atomic E-state index is -2.93. The van der Waals surface area contributed by atoms with E-state index in [4.69, 9.17) is 5.73 Å². The molecule has 1 unspecified atom stereocenters. The minimum absolute atomic E-state index is 0.00911. The number of rotatable bonds is 5. The fourth-order valence-corrected chi connectivity index (χ4v) is 3.63. The Morgan fingerprint density at radius 2 is 1.73 bits per heavy atom. The minimum Gasteiger partial charge on any atom is -0.435 e. The molecule has 0 spiro atoms. The molecular weight excluding hydrogens is 390 g/mol. The van der Waals surface area contributed by atoms with Crippen LogP contribution in [0.1, 0.15) is 11.1 Å². The lowest BCUT2D eigenvalue weighted by atomic mass is 9.74. The molecule has 152 valence electrons. The molecule has 2 aromatic carbocycles. The van der Waals surface area contributed by atoms with Crippen molar-refractivity contribution in [1.82, 2.24) is 14.9 Å². The molecule has 0 radical (unpaired) electrons. The van der Waals surface area contributed by atoms with E-state index in [0.717, 1.165) is 11.1 Å². The van der Waals surface area contributed by atoms with Gasteiger partial charge in [0.25, 0.3) is 0 Å². The van der Waals surface area contributed by atoms with E-state index in [-0.39, 0.29) is 11.7 Å². The van der Waals surface area contributed by atoms with Gasteiger partial charge >= 0.3 is 6.61 Å². The topological polar surface area (TPSA) is 81.3 Å². The maximum Gasteiger partial charge on any atom is 0.387 e. The Labute approximate surface area is 171 Å². The van der Waals surface area contributed by atoms with Gasteiger partial charge in [-0.25, -0.2) is 9.97 Å². The van der Waals surface area contributed by atoms with Crippen molar-refractivity contribution in [3.8, 4) is 16.9 Å². The molecule has 1 amide bonds. The van der Waals surface area contributed by atoms with Crippen LogP contribution < -0.4 is 10.5 Å². The number of halogens is 2. The number of ether oxygens (including phenoxy) is 1. The molecule has 0 bridgehead atoms. The summed E-state index contributed by atoms with van der Waals surface area (Å²) in [5.74, 6) is 0.0696. The zero-order valence-corrected chi connectivity index (χ0v) is 16.0. The number of carbonyl (C=O) groups excluding carboxylic acids is 1. The number of benzene rings is 2. The van der Waals surface area contributed by atoms with Crippen LogP contribution in [0.5, 0.6) is 5.75 Å². The van der Waals surface area contributed by atoms with Crippen molar-refractivity contribution in [3.63, 3.8) is 0 Å². The van der Waals surface area contributed by atoms with E-state index in [1.54, 1.807) is 37.7 Å². The molecule has 3 aromatic rings. The summed E-state index contributed by atoms with van der Waals surface area (Å²) in [4.78, 5) is 22.8. The second-order valence-electron chi connectivity index (χ2n) is 6.85. The van der Waals surface area contributed by atoms with Crippen LogP contribution in [0.25, 0.3) is 11.1 Å². The summed E-state index contributed by atoms with van der Waals surface area (Å²) in [5.41, 5.74) is 7.79. The Kier molecular flexibility index (Phi) is 4.91. The Morgan fingerprint density at radius 3 is 2.33 bits per heavy atom. The Morgan fingerprint density at radius 1 is 1.03 bits per heavy atom. The number of aromatic nitrogens is 2. The van der Waals surface area contributed by atoms with E-state index in [0.29, 0.717) is 16.9 Å². The Bertz CT molecular complexity index is 1100. The van der Waals surface area contributed by atoms with Crippen LogP contribution in [0.15, 0.2) is 79.1 Å². The molecule has 2 heterocycles. The third-order valence-electron chi connectivity index (χ3n) is 5.14. The Hall–Kier alpha value is -3.81. The highest BCUT2D eigenvalue weighted by atomic mass is 19.3. The van der Waals surface area contributed by atoms with E-state index in [9.17, 15) is 13.6 Å². The second-order valence-corrected chi connectivity index (χ2v) is 6.85. The highest BCUT2D eigenvalue weighted by molar-refractivity contribution is 5.98. The normalized spacial score (nSPS) is 18.6. The van der Waals surface area contributed by atoms with Crippen LogP contribution in [0, 0.1) is 0 Å². The number of carbonyl (C=O) groups is 1. The third kappa shape index (κ3) is 3.26. The number of hydrogen-bond donors (Lipinski definition) is 1. The molecule has 6 nitrogen and oxygen atoms in total. The molecule has 30 heavy (non-hydrogen) atoms. The summed E-state index contributed by atoms with van der Waals surface area (Å²) in [5, 5.41) is 0. The maximum absolute atomic E-state index is 13.4. The Balaban J connectivity index is 1.86. The first kappa shape index (κ1) is 19.5. The molecular formula is C22H18F2N4O2. The fourth-order valence-electron chi connectivity index (χ4n) is 3.63. The molecule has 1 aliphatic heterocycles. The summed E-state index contributed by atoms with van der Waals surface area (Å²) in [6, 6.07) is 13.4. The van der Waals surface area contributed by atoms with Gasteiger partial charge in [-0.1, -0.05) is 30.3 Å². The first-order valence-corrected chi connectivity index (χ1v) is 9.09. The fraction of sp³-hybridized carbons (Fsp3) is 0.136. The molecule has 4 rings (SSSR count). The van der Waals surface area contributed by atoms with Crippen molar-refractivity contribution >= 4 is 5.91 Å². The lowest BCUT2D eigenvalue weighted by Gasteiger charge is -2.28. The second kappa shape index (κ2) is 7.55. The lowest BCUT2D eigenvalue weighted by Crippen LogP contribution is -2.39. The average Bonchev–Trinajstić information content (AvgIpc) is 2.99. The van der Waals surface area contributed by atoms with Crippen molar-refractivity contribution in [2.75, 3.05) is 7.05 Å². The standard InChI is InChI=1S/C22H18F2N4O2/c1-28-19(25)10-22(20(28)29,16-5-7-18(8-6-16)30-21(23)24)17-4-2-3-14(9-17)15-11-26-13-27-12-15/h2-13,21H,25H2,1H3. The molecule has 1 atom stereocenters.